The van der Waals surface area contributed by atoms with E-state index in [2.05, 4.69) is 39.4 Å². The average molecular weight is 284 g/mol. The molecule has 0 saturated carbocycles. The van der Waals surface area contributed by atoms with Crippen molar-refractivity contribution in [3.63, 3.8) is 0 Å². The molecule has 0 bridgehead atoms. The van der Waals surface area contributed by atoms with Crippen molar-refractivity contribution in [1.29, 1.82) is 0 Å². The molecule has 1 aromatic rings. The fourth-order valence-electron chi connectivity index (χ4n) is 2.78. The van der Waals surface area contributed by atoms with Gasteiger partial charge in [0.25, 0.3) is 0 Å². The van der Waals surface area contributed by atoms with Crippen molar-refractivity contribution in [2.75, 3.05) is 11.9 Å². The third kappa shape index (κ3) is 4.28. The molecule has 6 heteroatoms. The van der Waals surface area contributed by atoms with Gasteiger partial charge < -0.3 is 10.6 Å². The van der Waals surface area contributed by atoms with Gasteiger partial charge in [-0.2, -0.15) is 4.98 Å². The number of hydrogen-bond acceptors (Lipinski definition) is 5. The third-order valence-electron chi connectivity index (χ3n) is 3.69. The first-order valence-electron chi connectivity index (χ1n) is 7.03. The summed E-state index contributed by atoms with van der Waals surface area (Å²) in [6.45, 7) is 5.54. The molecule has 2 rings (SSSR count). The molecule has 1 aliphatic rings. The minimum absolute atomic E-state index is 0.242. The Labute approximate surface area is 119 Å². The van der Waals surface area contributed by atoms with E-state index in [9.17, 15) is 0 Å². The number of nitrogens with one attached hydrogen (secondary N) is 2. The molecule has 0 radical (unpaired) electrons. The van der Waals surface area contributed by atoms with Crippen molar-refractivity contribution in [3.8, 4) is 0 Å². The Bertz CT molecular complexity index is 400. The van der Waals surface area contributed by atoms with Gasteiger partial charge in [-0.05, 0) is 50.2 Å². The summed E-state index contributed by atoms with van der Waals surface area (Å²) in [5, 5.41) is 7.17. The molecule has 0 aliphatic carbocycles. The van der Waals surface area contributed by atoms with Crippen LogP contribution in [0.4, 0.5) is 5.95 Å². The summed E-state index contributed by atoms with van der Waals surface area (Å²) in [6.07, 6.45) is 6.11. The van der Waals surface area contributed by atoms with Gasteiger partial charge in [0.1, 0.15) is 6.33 Å². The lowest BCUT2D eigenvalue weighted by molar-refractivity contribution is 0.275. The van der Waals surface area contributed by atoms with E-state index in [1.54, 1.807) is 0 Å². The second kappa shape index (κ2) is 7.01. The molecule has 1 aromatic heterocycles. The highest BCUT2D eigenvalue weighted by Gasteiger charge is 2.26. The highest BCUT2D eigenvalue weighted by Crippen LogP contribution is 2.24. The summed E-state index contributed by atoms with van der Waals surface area (Å²) in [5.41, 5.74) is 0. The number of halogens is 1. The molecule has 0 aromatic carbocycles. The number of nitrogens with zero attached hydrogens (tertiary/aromatic N) is 3. The van der Waals surface area contributed by atoms with Crippen molar-refractivity contribution in [1.82, 2.24) is 20.3 Å². The Kier molecular flexibility index (Phi) is 5.34. The third-order valence-corrected chi connectivity index (χ3v) is 3.87. The maximum absolute atomic E-state index is 5.80. The lowest BCUT2D eigenvalue weighted by Crippen LogP contribution is -2.42. The minimum atomic E-state index is 0.242. The second-order valence-electron chi connectivity index (χ2n) is 5.26. The standard InChI is InChI=1S/C13H22ClN5/c1-3-4-11(10-5-6-15-9(2)7-10)18-13-17-8-16-12(14)19-13/h8-11,15H,3-7H2,1-2H3,(H,16,17,18,19). The predicted octanol–water partition coefficient (Wildman–Crippen LogP) is 2.49. The minimum Gasteiger partial charge on any atom is -0.351 e. The van der Waals surface area contributed by atoms with E-state index in [1.165, 1.54) is 19.2 Å². The van der Waals surface area contributed by atoms with Crippen LogP contribution in [0.5, 0.6) is 0 Å². The molecule has 2 heterocycles. The molecule has 1 aliphatic heterocycles. The van der Waals surface area contributed by atoms with Crippen LogP contribution in [0.2, 0.25) is 5.28 Å². The highest BCUT2D eigenvalue weighted by atomic mass is 35.5. The van der Waals surface area contributed by atoms with Crippen molar-refractivity contribution in [2.24, 2.45) is 5.92 Å². The zero-order valence-electron chi connectivity index (χ0n) is 11.6. The molecule has 1 fully saturated rings. The molecule has 2 N–H and O–H groups in total. The Morgan fingerprint density at radius 1 is 1.53 bits per heavy atom. The number of aromatic nitrogens is 3. The molecule has 0 spiro atoms. The van der Waals surface area contributed by atoms with E-state index in [1.807, 2.05) is 0 Å². The second-order valence-corrected chi connectivity index (χ2v) is 5.60. The average Bonchev–Trinajstić information content (AvgIpc) is 2.38. The van der Waals surface area contributed by atoms with Gasteiger partial charge in [0.2, 0.25) is 11.2 Å². The Morgan fingerprint density at radius 2 is 2.37 bits per heavy atom. The van der Waals surface area contributed by atoms with Crippen molar-refractivity contribution >= 4 is 17.5 Å². The van der Waals surface area contributed by atoms with Crippen LogP contribution in [-0.4, -0.2) is 33.6 Å². The maximum atomic E-state index is 5.80. The summed E-state index contributed by atoms with van der Waals surface area (Å²) in [5.74, 6) is 1.25. The van der Waals surface area contributed by atoms with Crippen LogP contribution in [0.15, 0.2) is 6.33 Å². The monoisotopic (exact) mass is 283 g/mol. The fourth-order valence-corrected chi connectivity index (χ4v) is 2.91. The van der Waals surface area contributed by atoms with E-state index in [0.29, 0.717) is 23.9 Å². The fraction of sp³-hybridized carbons (Fsp3) is 0.769. The number of piperidine rings is 1. The SMILES string of the molecule is CCCC(Nc1ncnc(Cl)n1)C1CCNC(C)C1. The van der Waals surface area contributed by atoms with Crippen molar-refractivity contribution in [2.45, 2.75) is 51.6 Å². The van der Waals surface area contributed by atoms with E-state index in [-0.39, 0.29) is 5.28 Å². The first-order chi connectivity index (χ1) is 9.19. The van der Waals surface area contributed by atoms with Gasteiger partial charge in [0.05, 0.1) is 0 Å². The van der Waals surface area contributed by atoms with Crippen molar-refractivity contribution < 1.29 is 0 Å². The number of anilines is 1. The molecule has 5 nitrogen and oxygen atoms in total. The van der Waals surface area contributed by atoms with Gasteiger partial charge in [-0.15, -0.1) is 0 Å². The number of hydrogen-bond donors (Lipinski definition) is 2. The lowest BCUT2D eigenvalue weighted by atomic mass is 9.85. The molecule has 1 saturated heterocycles. The van der Waals surface area contributed by atoms with E-state index >= 15 is 0 Å². The van der Waals surface area contributed by atoms with E-state index < -0.39 is 0 Å². The summed E-state index contributed by atoms with van der Waals surface area (Å²) >= 11 is 5.80. The quantitative estimate of drug-likeness (QED) is 0.869. The molecule has 0 amide bonds. The van der Waals surface area contributed by atoms with Gasteiger partial charge in [-0.1, -0.05) is 13.3 Å². The van der Waals surface area contributed by atoms with Crippen LogP contribution >= 0.6 is 11.6 Å². The van der Waals surface area contributed by atoms with E-state index in [4.69, 9.17) is 11.6 Å². The van der Waals surface area contributed by atoms with Gasteiger partial charge >= 0.3 is 0 Å². The molecule has 19 heavy (non-hydrogen) atoms. The zero-order chi connectivity index (χ0) is 13.7. The summed E-state index contributed by atoms with van der Waals surface area (Å²) in [4.78, 5) is 12.1. The highest BCUT2D eigenvalue weighted by molar-refractivity contribution is 6.28. The number of rotatable bonds is 5. The van der Waals surface area contributed by atoms with Crippen LogP contribution in [0.3, 0.4) is 0 Å². The first-order valence-corrected chi connectivity index (χ1v) is 7.41. The van der Waals surface area contributed by atoms with Gasteiger partial charge in [0.15, 0.2) is 0 Å². The van der Waals surface area contributed by atoms with Crippen LogP contribution in [0.1, 0.15) is 39.5 Å². The van der Waals surface area contributed by atoms with Crippen molar-refractivity contribution in [3.05, 3.63) is 11.6 Å². The largest absolute Gasteiger partial charge is 0.351 e. The maximum Gasteiger partial charge on any atom is 0.227 e. The van der Waals surface area contributed by atoms with Crippen LogP contribution in [-0.2, 0) is 0 Å². The predicted molar refractivity (Wildman–Crippen MR) is 77.3 cm³/mol. The van der Waals surface area contributed by atoms with Gasteiger partial charge in [-0.25, -0.2) is 9.97 Å². The molecular formula is C13H22ClN5. The van der Waals surface area contributed by atoms with Gasteiger partial charge in [-0.3, -0.25) is 0 Å². The zero-order valence-corrected chi connectivity index (χ0v) is 12.3. The smallest absolute Gasteiger partial charge is 0.227 e. The van der Waals surface area contributed by atoms with Crippen LogP contribution in [0, 0.1) is 5.92 Å². The first kappa shape index (κ1) is 14.5. The van der Waals surface area contributed by atoms with Crippen LogP contribution in [0.25, 0.3) is 0 Å². The molecule has 106 valence electrons. The Hall–Kier alpha value is -0.940. The topological polar surface area (TPSA) is 62.7 Å². The summed E-state index contributed by atoms with van der Waals surface area (Å²) in [6, 6.07) is 0.995. The lowest BCUT2D eigenvalue weighted by Gasteiger charge is -2.34. The van der Waals surface area contributed by atoms with Gasteiger partial charge in [0, 0.05) is 12.1 Å². The summed E-state index contributed by atoms with van der Waals surface area (Å²) < 4.78 is 0. The normalized spacial score (nSPS) is 25.0. The van der Waals surface area contributed by atoms with Crippen LogP contribution < -0.4 is 10.6 Å². The molecule has 3 unspecified atom stereocenters. The molecule has 3 atom stereocenters. The Morgan fingerprint density at radius 3 is 3.05 bits per heavy atom. The summed E-state index contributed by atoms with van der Waals surface area (Å²) in [7, 11) is 0. The Balaban J connectivity index is 2.02. The van der Waals surface area contributed by atoms with E-state index in [0.717, 1.165) is 19.4 Å². The molecular weight excluding hydrogens is 262 g/mol.